The highest BCUT2D eigenvalue weighted by Gasteiger charge is 2.41. The first-order valence-electron chi connectivity index (χ1n) is 9.54. The fourth-order valence-corrected chi connectivity index (χ4v) is 4.75. The summed E-state index contributed by atoms with van der Waals surface area (Å²) >= 11 is 0. The molecule has 0 aliphatic carbocycles. The molecule has 0 amide bonds. The molecule has 2 aliphatic rings. The van der Waals surface area contributed by atoms with Crippen molar-refractivity contribution in [1.82, 2.24) is 14.8 Å². The smallest absolute Gasteiger partial charge is 0.0746 e. The number of hydrogen-bond donors (Lipinski definition) is 0. The average Bonchev–Trinajstić information content (AvgIpc) is 3.02. The molecular weight excluding hydrogens is 310 g/mol. The third-order valence-corrected chi connectivity index (χ3v) is 5.98. The van der Waals surface area contributed by atoms with Crippen molar-refractivity contribution < 1.29 is 4.74 Å². The lowest BCUT2D eigenvalue weighted by Crippen LogP contribution is -2.45. The van der Waals surface area contributed by atoms with Crippen molar-refractivity contribution in [2.24, 2.45) is 5.41 Å². The largest absolute Gasteiger partial charge is 0.383 e. The van der Waals surface area contributed by atoms with E-state index in [1.807, 2.05) is 12.3 Å². The number of ether oxygens (including phenoxy) is 1. The van der Waals surface area contributed by atoms with Crippen molar-refractivity contribution in [1.29, 1.82) is 0 Å². The van der Waals surface area contributed by atoms with Crippen LogP contribution >= 0.6 is 0 Å². The van der Waals surface area contributed by atoms with Crippen LogP contribution in [0.4, 0.5) is 0 Å². The number of aromatic nitrogens is 1. The second-order valence-corrected chi connectivity index (χ2v) is 7.83. The molecule has 0 saturated carbocycles. The molecule has 3 heterocycles. The molecule has 1 aromatic heterocycles. The highest BCUT2D eigenvalue weighted by molar-refractivity contribution is 5.81. The van der Waals surface area contributed by atoms with E-state index in [4.69, 9.17) is 4.74 Å². The van der Waals surface area contributed by atoms with Gasteiger partial charge in [-0.25, -0.2) is 0 Å². The fourth-order valence-electron chi connectivity index (χ4n) is 4.75. The zero-order chi connectivity index (χ0) is 17.1. The Balaban J connectivity index is 1.43. The SMILES string of the molecule is COCCN1CCC[C@@]2(CCN(Cc3cccc4cccnc34)C2)C1. The first-order chi connectivity index (χ1) is 12.3. The van der Waals surface area contributed by atoms with Crippen LogP contribution in [0.2, 0.25) is 0 Å². The Morgan fingerprint density at radius 2 is 1.96 bits per heavy atom. The van der Waals surface area contributed by atoms with Gasteiger partial charge in [0.1, 0.15) is 0 Å². The molecule has 0 unspecified atom stereocenters. The number of likely N-dealkylation sites (tertiary alicyclic amines) is 2. The van der Waals surface area contributed by atoms with Crippen molar-refractivity contribution in [3.8, 4) is 0 Å². The number of methoxy groups -OCH3 is 1. The minimum absolute atomic E-state index is 0.490. The fraction of sp³-hybridized carbons (Fsp3) is 0.571. The summed E-state index contributed by atoms with van der Waals surface area (Å²) in [5.41, 5.74) is 3.02. The number of benzene rings is 1. The zero-order valence-electron chi connectivity index (χ0n) is 15.3. The summed E-state index contributed by atoms with van der Waals surface area (Å²) in [5.74, 6) is 0. The molecule has 1 spiro atoms. The summed E-state index contributed by atoms with van der Waals surface area (Å²) in [5, 5.41) is 1.25. The van der Waals surface area contributed by atoms with Gasteiger partial charge in [0.2, 0.25) is 0 Å². The Bertz CT molecular complexity index is 714. The summed E-state index contributed by atoms with van der Waals surface area (Å²) < 4.78 is 5.28. The molecule has 2 fully saturated rings. The number of hydrogen-bond acceptors (Lipinski definition) is 4. The molecule has 4 rings (SSSR count). The van der Waals surface area contributed by atoms with E-state index in [-0.39, 0.29) is 0 Å². The second kappa shape index (κ2) is 7.40. The highest BCUT2D eigenvalue weighted by Crippen LogP contribution is 2.39. The number of pyridine rings is 1. The maximum Gasteiger partial charge on any atom is 0.0746 e. The van der Waals surface area contributed by atoms with Crippen molar-refractivity contribution in [2.75, 3.05) is 46.4 Å². The second-order valence-electron chi connectivity index (χ2n) is 7.83. The summed E-state index contributed by atoms with van der Waals surface area (Å²) in [7, 11) is 1.80. The molecule has 2 aromatic rings. The number of fused-ring (bicyclic) bond motifs is 1. The Morgan fingerprint density at radius 3 is 2.88 bits per heavy atom. The first kappa shape index (κ1) is 17.0. The van der Waals surface area contributed by atoms with E-state index in [0.29, 0.717) is 5.41 Å². The number of nitrogens with zero attached hydrogens (tertiary/aromatic N) is 3. The van der Waals surface area contributed by atoms with Gasteiger partial charge in [0.15, 0.2) is 0 Å². The van der Waals surface area contributed by atoms with Gasteiger partial charge in [-0.3, -0.25) is 9.88 Å². The molecule has 0 bridgehead atoms. The number of rotatable bonds is 5. The van der Waals surface area contributed by atoms with Crippen molar-refractivity contribution in [2.45, 2.75) is 25.8 Å². The van der Waals surface area contributed by atoms with Gasteiger partial charge >= 0.3 is 0 Å². The third kappa shape index (κ3) is 3.71. The Morgan fingerprint density at radius 1 is 1.08 bits per heavy atom. The Labute approximate surface area is 150 Å². The predicted molar refractivity (Wildman–Crippen MR) is 102 cm³/mol. The molecule has 4 nitrogen and oxygen atoms in total. The molecule has 4 heteroatoms. The van der Waals surface area contributed by atoms with Crippen LogP contribution in [-0.4, -0.2) is 61.2 Å². The van der Waals surface area contributed by atoms with Gasteiger partial charge < -0.3 is 9.64 Å². The van der Waals surface area contributed by atoms with Crippen LogP contribution < -0.4 is 0 Å². The topological polar surface area (TPSA) is 28.6 Å². The maximum absolute atomic E-state index is 5.28. The molecule has 25 heavy (non-hydrogen) atoms. The lowest BCUT2D eigenvalue weighted by atomic mass is 9.79. The van der Waals surface area contributed by atoms with Gasteiger partial charge in [0.05, 0.1) is 12.1 Å². The van der Waals surface area contributed by atoms with Crippen LogP contribution in [0.5, 0.6) is 0 Å². The predicted octanol–water partition coefficient (Wildman–Crippen LogP) is 3.17. The van der Waals surface area contributed by atoms with Crippen LogP contribution in [0.3, 0.4) is 0 Å². The van der Waals surface area contributed by atoms with Gasteiger partial charge in [-0.05, 0) is 49.4 Å². The maximum atomic E-state index is 5.28. The molecule has 1 atom stereocenters. The van der Waals surface area contributed by atoms with Crippen LogP contribution in [-0.2, 0) is 11.3 Å². The van der Waals surface area contributed by atoms with Gasteiger partial charge in [0, 0.05) is 44.9 Å². The molecule has 134 valence electrons. The summed E-state index contributed by atoms with van der Waals surface area (Å²) in [4.78, 5) is 9.87. The minimum Gasteiger partial charge on any atom is -0.383 e. The van der Waals surface area contributed by atoms with Crippen molar-refractivity contribution in [3.63, 3.8) is 0 Å². The van der Waals surface area contributed by atoms with Crippen LogP contribution in [0.1, 0.15) is 24.8 Å². The molecule has 0 radical (unpaired) electrons. The lowest BCUT2D eigenvalue weighted by Gasteiger charge is -2.40. The van der Waals surface area contributed by atoms with Crippen molar-refractivity contribution in [3.05, 3.63) is 42.1 Å². The van der Waals surface area contributed by atoms with E-state index < -0.39 is 0 Å². The summed E-state index contributed by atoms with van der Waals surface area (Å²) in [6.45, 7) is 7.85. The van der Waals surface area contributed by atoms with Gasteiger partial charge in [0.25, 0.3) is 0 Å². The first-order valence-corrected chi connectivity index (χ1v) is 9.54. The molecule has 2 aliphatic heterocycles. The minimum atomic E-state index is 0.490. The normalized spacial score (nSPS) is 25.2. The molecular formula is C21H29N3O. The van der Waals surface area contributed by atoms with Crippen molar-refractivity contribution >= 4 is 10.9 Å². The lowest BCUT2D eigenvalue weighted by molar-refractivity contribution is 0.0674. The standard InChI is InChI=1S/C21H29N3O/c1-25-14-13-23-11-4-8-21(16-23)9-12-24(17-21)15-19-6-2-5-18-7-3-10-22-20(18)19/h2-3,5-7,10H,4,8-9,11-17H2,1H3/t21-/m1/s1. The van der Waals surface area contributed by atoms with Gasteiger partial charge in [-0.15, -0.1) is 0 Å². The van der Waals surface area contributed by atoms with E-state index in [0.717, 1.165) is 25.2 Å². The van der Waals surface area contributed by atoms with E-state index >= 15 is 0 Å². The Kier molecular flexibility index (Phi) is 5.02. The van der Waals surface area contributed by atoms with Crippen LogP contribution in [0, 0.1) is 5.41 Å². The Hall–Kier alpha value is -1.49. The highest BCUT2D eigenvalue weighted by atomic mass is 16.5. The monoisotopic (exact) mass is 339 g/mol. The van der Waals surface area contributed by atoms with E-state index in [1.165, 1.54) is 56.4 Å². The van der Waals surface area contributed by atoms with E-state index in [9.17, 15) is 0 Å². The summed E-state index contributed by atoms with van der Waals surface area (Å²) in [6.07, 6.45) is 5.94. The molecule has 1 aromatic carbocycles. The zero-order valence-corrected chi connectivity index (χ0v) is 15.3. The van der Waals surface area contributed by atoms with E-state index in [2.05, 4.69) is 39.0 Å². The quantitative estimate of drug-likeness (QED) is 0.837. The number of piperidine rings is 1. The number of para-hydroxylation sites is 1. The van der Waals surface area contributed by atoms with Gasteiger partial charge in [-0.2, -0.15) is 0 Å². The van der Waals surface area contributed by atoms with Crippen LogP contribution in [0.15, 0.2) is 36.5 Å². The van der Waals surface area contributed by atoms with E-state index in [1.54, 1.807) is 7.11 Å². The van der Waals surface area contributed by atoms with Gasteiger partial charge in [-0.1, -0.05) is 24.3 Å². The van der Waals surface area contributed by atoms with Crippen LogP contribution in [0.25, 0.3) is 10.9 Å². The summed E-state index contributed by atoms with van der Waals surface area (Å²) in [6, 6.07) is 10.7. The molecule has 2 saturated heterocycles. The molecule has 0 N–H and O–H groups in total. The average molecular weight is 339 g/mol. The third-order valence-electron chi connectivity index (χ3n) is 5.98.